The largest absolute Gasteiger partial charge is 0.394 e. The van der Waals surface area contributed by atoms with Crippen molar-refractivity contribution >= 4 is 5.91 Å². The molecule has 6 heteroatoms. The zero-order valence-corrected chi connectivity index (χ0v) is 45.6. The van der Waals surface area contributed by atoms with Crippen molar-refractivity contribution < 1.29 is 25.2 Å². The molecule has 6 nitrogen and oxygen atoms in total. The van der Waals surface area contributed by atoms with Crippen LogP contribution in [0.25, 0.3) is 0 Å². The van der Waals surface area contributed by atoms with E-state index in [4.69, 9.17) is 0 Å². The molecule has 0 spiro atoms. The Kier molecular flexibility index (Phi) is 55.2. The smallest absolute Gasteiger partial charge is 0.249 e. The molecule has 5 N–H and O–H groups in total. The number of amides is 1. The lowest BCUT2D eigenvalue weighted by molar-refractivity contribution is -0.132. The number of hydrogen-bond donors (Lipinski definition) is 5. The van der Waals surface area contributed by atoms with Gasteiger partial charge in [0.05, 0.1) is 18.8 Å². The summed E-state index contributed by atoms with van der Waals surface area (Å²) < 4.78 is 0. The molecule has 0 aliphatic rings. The molecule has 0 saturated carbocycles. The topological polar surface area (TPSA) is 110 Å². The summed E-state index contributed by atoms with van der Waals surface area (Å²) >= 11 is 0. The van der Waals surface area contributed by atoms with E-state index in [0.717, 1.165) is 57.8 Å². The minimum atomic E-state index is -1.29. The summed E-state index contributed by atoms with van der Waals surface area (Å²) in [5, 5.41) is 44.0. The number of nitrogens with one attached hydrogen (secondary N) is 1. The van der Waals surface area contributed by atoms with Gasteiger partial charge in [-0.25, -0.2) is 0 Å². The van der Waals surface area contributed by atoms with Crippen LogP contribution in [-0.4, -0.2) is 57.3 Å². The van der Waals surface area contributed by atoms with Crippen LogP contribution in [0.4, 0.5) is 0 Å². The van der Waals surface area contributed by atoms with Gasteiger partial charge in [0, 0.05) is 0 Å². The summed E-state index contributed by atoms with van der Waals surface area (Å²) in [6.07, 6.45) is 70.9. The minimum absolute atomic E-state index is 0.351. The minimum Gasteiger partial charge on any atom is -0.394 e. The maximum atomic E-state index is 12.6. The van der Waals surface area contributed by atoms with Crippen molar-refractivity contribution in [3.63, 3.8) is 0 Å². The van der Waals surface area contributed by atoms with E-state index in [-0.39, 0.29) is 0 Å². The molecule has 4 unspecified atom stereocenters. The van der Waals surface area contributed by atoms with Crippen molar-refractivity contribution in [3.05, 3.63) is 36.5 Å². The van der Waals surface area contributed by atoms with Crippen LogP contribution < -0.4 is 5.32 Å². The van der Waals surface area contributed by atoms with Gasteiger partial charge in [-0.3, -0.25) is 4.79 Å². The average Bonchev–Trinajstić information content (AvgIpc) is 3.34. The second kappa shape index (κ2) is 56.4. The first-order chi connectivity index (χ1) is 33.5. The lowest BCUT2D eigenvalue weighted by Gasteiger charge is -2.27. The number of allylic oxidation sites excluding steroid dienone is 6. The molecular formula is C62H119NO5. The normalized spacial score (nSPS) is 13.9. The molecule has 0 aliphatic carbocycles. The van der Waals surface area contributed by atoms with Crippen molar-refractivity contribution in [2.75, 3.05) is 6.61 Å². The quantitative estimate of drug-likeness (QED) is 0.0308. The van der Waals surface area contributed by atoms with Gasteiger partial charge in [-0.2, -0.15) is 0 Å². The van der Waals surface area contributed by atoms with E-state index in [2.05, 4.69) is 55.6 Å². The number of aliphatic hydroxyl groups is 4. The number of hydrogen-bond acceptors (Lipinski definition) is 5. The van der Waals surface area contributed by atoms with Crippen LogP contribution in [0.5, 0.6) is 0 Å². The van der Waals surface area contributed by atoms with Gasteiger partial charge in [-0.15, -0.1) is 0 Å². The van der Waals surface area contributed by atoms with Crippen LogP contribution in [0.3, 0.4) is 0 Å². The maximum Gasteiger partial charge on any atom is 0.249 e. The number of rotatable bonds is 56. The molecule has 1 amide bonds. The summed E-state index contributed by atoms with van der Waals surface area (Å²) in [6, 6.07) is -1.01. The fourth-order valence-electron chi connectivity index (χ4n) is 9.56. The molecule has 402 valence electrons. The van der Waals surface area contributed by atoms with E-state index in [1.165, 1.54) is 238 Å². The van der Waals surface area contributed by atoms with E-state index in [0.29, 0.717) is 12.8 Å². The highest BCUT2D eigenvalue weighted by Crippen LogP contribution is 2.18. The summed E-state index contributed by atoms with van der Waals surface area (Å²) in [5.41, 5.74) is 0. The van der Waals surface area contributed by atoms with Gasteiger partial charge in [0.2, 0.25) is 5.91 Å². The third kappa shape index (κ3) is 49.5. The van der Waals surface area contributed by atoms with Gasteiger partial charge in [0.25, 0.3) is 0 Å². The monoisotopic (exact) mass is 958 g/mol. The number of unbranched alkanes of at least 4 members (excludes halogenated alkanes) is 41. The summed E-state index contributed by atoms with van der Waals surface area (Å²) in [4.78, 5) is 12.6. The van der Waals surface area contributed by atoms with Crippen LogP contribution in [0.1, 0.15) is 322 Å². The SMILES string of the molecule is CCCCCCCCCCC/C=C\C/C=C\CCCCCCCCC(O)C(=O)NC(CO)C(O)C(O)CCC/C=C/CCCCCCCCCCCCCCCCCCCCCCCCCCC. The molecule has 0 bridgehead atoms. The maximum absolute atomic E-state index is 12.6. The highest BCUT2D eigenvalue weighted by molar-refractivity contribution is 5.80. The van der Waals surface area contributed by atoms with Gasteiger partial charge in [0.1, 0.15) is 12.2 Å². The number of carbonyl (C=O) groups is 1. The highest BCUT2D eigenvalue weighted by Gasteiger charge is 2.28. The zero-order chi connectivity index (χ0) is 49.5. The lowest BCUT2D eigenvalue weighted by Crippen LogP contribution is -2.53. The zero-order valence-electron chi connectivity index (χ0n) is 45.6. The molecule has 0 radical (unpaired) electrons. The van der Waals surface area contributed by atoms with Crippen LogP contribution >= 0.6 is 0 Å². The molecule has 0 saturated heterocycles. The van der Waals surface area contributed by atoms with Gasteiger partial charge in [0.15, 0.2) is 0 Å². The van der Waals surface area contributed by atoms with E-state index in [9.17, 15) is 25.2 Å². The van der Waals surface area contributed by atoms with E-state index in [1.807, 2.05) is 0 Å². The van der Waals surface area contributed by atoms with Crippen molar-refractivity contribution in [3.8, 4) is 0 Å². The second-order valence-corrected chi connectivity index (χ2v) is 21.0. The van der Waals surface area contributed by atoms with Crippen molar-refractivity contribution in [2.45, 2.75) is 346 Å². The molecular weight excluding hydrogens is 839 g/mol. The standard InChI is InChI=1S/C62H119NO5/c1-3-5-7-9-11-13-15-17-19-21-23-25-27-28-29-30-31-32-33-34-36-37-39-41-43-45-47-49-51-53-55-59(65)61(67)58(57-64)63-62(68)60(66)56-54-52-50-48-46-44-42-40-38-35-26-24-22-20-18-16-14-12-10-8-6-4-2/h24,26,38,40,47,49,58-61,64-67H,3-23,25,27-37,39,41-46,48,50-57H2,1-2H3,(H,63,68)/b26-24-,40-38-,49-47+. The number of carbonyl (C=O) groups excluding carboxylic acids is 1. The summed E-state index contributed by atoms with van der Waals surface area (Å²) in [7, 11) is 0. The molecule has 4 atom stereocenters. The predicted octanol–water partition coefficient (Wildman–Crippen LogP) is 18.0. The van der Waals surface area contributed by atoms with Crippen molar-refractivity contribution in [1.29, 1.82) is 0 Å². The fourth-order valence-corrected chi connectivity index (χ4v) is 9.56. The molecule has 68 heavy (non-hydrogen) atoms. The fraction of sp³-hybridized carbons (Fsp3) is 0.887. The first-order valence-corrected chi connectivity index (χ1v) is 30.4. The Balaban J connectivity index is 3.64. The van der Waals surface area contributed by atoms with Crippen LogP contribution in [0.15, 0.2) is 36.5 Å². The van der Waals surface area contributed by atoms with Crippen molar-refractivity contribution in [1.82, 2.24) is 5.32 Å². The molecule has 0 rings (SSSR count). The van der Waals surface area contributed by atoms with Crippen LogP contribution in [0, 0.1) is 0 Å². The Bertz CT molecular complexity index is 1080. The third-order valence-electron chi connectivity index (χ3n) is 14.3. The Labute approximate surface area is 424 Å². The summed E-state index contributed by atoms with van der Waals surface area (Å²) in [5.74, 6) is -0.598. The Morgan fingerprint density at radius 3 is 0.971 bits per heavy atom. The molecule has 0 fully saturated rings. The van der Waals surface area contributed by atoms with Crippen LogP contribution in [-0.2, 0) is 4.79 Å². The number of aliphatic hydroxyl groups excluding tert-OH is 4. The molecule has 0 aromatic heterocycles. The lowest BCUT2D eigenvalue weighted by atomic mass is 10.00. The Hall–Kier alpha value is -1.47. The molecule has 0 aliphatic heterocycles. The van der Waals surface area contributed by atoms with Crippen molar-refractivity contribution in [2.24, 2.45) is 0 Å². The van der Waals surface area contributed by atoms with E-state index >= 15 is 0 Å². The van der Waals surface area contributed by atoms with Gasteiger partial charge >= 0.3 is 0 Å². The van der Waals surface area contributed by atoms with E-state index in [1.54, 1.807) is 0 Å². The summed E-state index contributed by atoms with van der Waals surface area (Å²) in [6.45, 7) is 4.07. The van der Waals surface area contributed by atoms with E-state index < -0.39 is 36.9 Å². The Morgan fingerprint density at radius 2 is 0.647 bits per heavy atom. The van der Waals surface area contributed by atoms with Crippen LogP contribution in [0.2, 0.25) is 0 Å². The van der Waals surface area contributed by atoms with Gasteiger partial charge in [-0.05, 0) is 70.6 Å². The highest BCUT2D eigenvalue weighted by atomic mass is 16.3. The molecule has 0 aromatic rings. The van der Waals surface area contributed by atoms with Gasteiger partial charge in [-0.1, -0.05) is 288 Å². The Morgan fingerprint density at radius 1 is 0.368 bits per heavy atom. The third-order valence-corrected chi connectivity index (χ3v) is 14.3. The molecule has 0 aromatic carbocycles. The first-order valence-electron chi connectivity index (χ1n) is 30.4. The first kappa shape index (κ1) is 66.5. The van der Waals surface area contributed by atoms with Gasteiger partial charge < -0.3 is 25.7 Å². The average molecular weight is 959 g/mol. The molecule has 0 heterocycles. The predicted molar refractivity (Wildman–Crippen MR) is 297 cm³/mol. The second-order valence-electron chi connectivity index (χ2n) is 21.0.